The van der Waals surface area contributed by atoms with E-state index in [-0.39, 0.29) is 25.9 Å². The van der Waals surface area contributed by atoms with Gasteiger partial charge in [-0.2, -0.15) is 4.99 Å². The average Bonchev–Trinajstić information content (AvgIpc) is 2.75. The number of nitrogens with one attached hydrogen (secondary N) is 1. The summed E-state index contributed by atoms with van der Waals surface area (Å²) in [5.74, 6) is -2.17. The highest BCUT2D eigenvalue weighted by Gasteiger charge is 2.53. The van der Waals surface area contributed by atoms with Crippen LogP contribution in [0.15, 0.2) is 4.99 Å². The Kier molecular flexibility index (Phi) is 10.1. The summed E-state index contributed by atoms with van der Waals surface area (Å²) in [6.07, 6.45) is -5.11. The maximum absolute atomic E-state index is 11.9. The van der Waals surface area contributed by atoms with E-state index in [9.17, 15) is 34.6 Å². The van der Waals surface area contributed by atoms with E-state index >= 15 is 0 Å². The first-order chi connectivity index (χ1) is 16.4. The number of carbonyl (C=O) groups is 3. The molecular weight excluding hydrogens is 492 g/mol. The van der Waals surface area contributed by atoms with Crippen LogP contribution in [0.1, 0.15) is 40.0 Å². The summed E-state index contributed by atoms with van der Waals surface area (Å²) < 4.78 is 21.6. The first kappa shape index (κ1) is 28.2. The van der Waals surface area contributed by atoms with Gasteiger partial charge in [-0.3, -0.25) is 39.9 Å². The van der Waals surface area contributed by atoms with E-state index < -0.39 is 76.5 Å². The van der Waals surface area contributed by atoms with Crippen molar-refractivity contribution in [1.29, 1.82) is 0 Å². The molecule has 2 rings (SSSR count). The second-order valence-corrected chi connectivity index (χ2v) is 8.32. The first-order valence-corrected chi connectivity index (χ1v) is 11.1. The predicted molar refractivity (Wildman–Crippen MR) is 118 cm³/mol. The van der Waals surface area contributed by atoms with Gasteiger partial charge in [-0.15, -0.1) is 0 Å². The first-order valence-electron chi connectivity index (χ1n) is 10.7. The van der Waals surface area contributed by atoms with Crippen LogP contribution in [0.4, 0.5) is 0 Å². The third-order valence-corrected chi connectivity index (χ3v) is 5.77. The van der Waals surface area contributed by atoms with Crippen LogP contribution < -0.4 is 5.32 Å². The molecule has 1 aliphatic carbocycles. The van der Waals surface area contributed by atoms with E-state index in [1.165, 1.54) is 0 Å². The SMILES string of the molecule is CC(=O)OCC1OC(N=C=S)C(NC2CCC([N+](=O)[O-])CC2[N+](=O)[O-])C(OC(C)=O)C1OC(C)=O. The smallest absolute Gasteiger partial charge is 0.303 e. The number of isothiocyanates is 1. The Hall–Kier alpha value is -3.07. The number of carbonyl (C=O) groups excluding carboxylic acids is 3. The third kappa shape index (κ3) is 7.71. The molecule has 0 radical (unpaired) electrons. The minimum absolute atomic E-state index is 0.0592. The molecule has 1 saturated carbocycles. The zero-order valence-electron chi connectivity index (χ0n) is 19.2. The Morgan fingerprint density at radius 2 is 1.69 bits per heavy atom. The van der Waals surface area contributed by atoms with Gasteiger partial charge in [0.05, 0.1) is 23.7 Å². The minimum atomic E-state index is -1.33. The fourth-order valence-corrected chi connectivity index (χ4v) is 4.35. The van der Waals surface area contributed by atoms with Crippen molar-refractivity contribution in [3.63, 3.8) is 0 Å². The summed E-state index contributed by atoms with van der Waals surface area (Å²) in [5, 5.41) is 28.0. The molecule has 8 atom stereocenters. The van der Waals surface area contributed by atoms with Crippen LogP contribution in [0.3, 0.4) is 0 Å². The van der Waals surface area contributed by atoms with Crippen molar-refractivity contribution in [1.82, 2.24) is 5.32 Å². The number of hydrogen-bond donors (Lipinski definition) is 1. The highest BCUT2D eigenvalue weighted by atomic mass is 32.1. The molecule has 2 fully saturated rings. The van der Waals surface area contributed by atoms with Crippen LogP contribution in [0.25, 0.3) is 0 Å². The standard InChI is InChI=1S/C19H26N4O11S/c1-9(24)31-7-15-17(32-10(2)25)18(33-11(3)26)16(19(34-15)20-8-35)21-13-5-4-12(22(27)28)6-14(13)23(29)30/h12-19,21H,4-7H2,1-3H3. The van der Waals surface area contributed by atoms with Crippen molar-refractivity contribution in [2.45, 2.75) is 88.7 Å². The molecule has 1 saturated heterocycles. The molecule has 0 bridgehead atoms. The maximum Gasteiger partial charge on any atom is 0.303 e. The molecule has 1 N–H and O–H groups in total. The lowest BCUT2D eigenvalue weighted by Gasteiger charge is -2.45. The van der Waals surface area contributed by atoms with Crippen molar-refractivity contribution >= 4 is 35.3 Å². The van der Waals surface area contributed by atoms with E-state index in [1.807, 2.05) is 0 Å². The topological polar surface area (TPSA) is 199 Å². The molecule has 0 aromatic carbocycles. The lowest BCUT2D eigenvalue weighted by Crippen LogP contribution is -2.68. The van der Waals surface area contributed by atoms with Crippen LogP contribution in [0, 0.1) is 20.2 Å². The average molecular weight is 519 g/mol. The van der Waals surface area contributed by atoms with Gasteiger partial charge in [0.25, 0.3) is 0 Å². The zero-order chi connectivity index (χ0) is 26.3. The number of rotatable bonds is 9. The van der Waals surface area contributed by atoms with Gasteiger partial charge in [-0.25, -0.2) is 0 Å². The van der Waals surface area contributed by atoms with E-state index in [0.717, 1.165) is 20.8 Å². The number of hydrogen-bond acceptors (Lipinski definition) is 14. The molecule has 0 spiro atoms. The summed E-state index contributed by atoms with van der Waals surface area (Å²) in [5.41, 5.74) is 0. The highest BCUT2D eigenvalue weighted by molar-refractivity contribution is 7.78. The Morgan fingerprint density at radius 1 is 1.06 bits per heavy atom. The van der Waals surface area contributed by atoms with Gasteiger partial charge in [0, 0.05) is 37.0 Å². The lowest BCUT2D eigenvalue weighted by atomic mass is 9.85. The largest absolute Gasteiger partial charge is 0.463 e. The number of nitro groups is 2. The monoisotopic (exact) mass is 518 g/mol. The Balaban J connectivity index is 2.43. The summed E-state index contributed by atoms with van der Waals surface area (Å²) in [6, 6.07) is -4.42. The van der Waals surface area contributed by atoms with Crippen molar-refractivity contribution in [3.05, 3.63) is 20.2 Å². The quantitative estimate of drug-likeness (QED) is 0.107. The van der Waals surface area contributed by atoms with E-state index in [2.05, 4.69) is 27.7 Å². The number of aliphatic imine (C=N–C) groups is 1. The van der Waals surface area contributed by atoms with E-state index in [1.54, 1.807) is 0 Å². The molecular formula is C19H26N4O11S. The molecule has 15 nitrogen and oxygen atoms in total. The normalized spacial score (nSPS) is 32.4. The fraction of sp³-hybridized carbons (Fsp3) is 0.789. The fourth-order valence-electron chi connectivity index (χ4n) is 4.25. The molecule has 194 valence electrons. The van der Waals surface area contributed by atoms with Crippen LogP contribution in [0.2, 0.25) is 0 Å². The summed E-state index contributed by atoms with van der Waals surface area (Å²) >= 11 is 4.68. The number of nitrogens with zero attached hydrogens (tertiary/aromatic N) is 3. The number of thiocarbonyl (C=S) groups is 1. The van der Waals surface area contributed by atoms with Crippen molar-refractivity contribution in [2.75, 3.05) is 6.61 Å². The second-order valence-electron chi connectivity index (χ2n) is 8.14. The third-order valence-electron chi connectivity index (χ3n) is 5.66. The van der Waals surface area contributed by atoms with Gasteiger partial charge < -0.3 is 18.9 Å². The molecule has 1 heterocycles. The summed E-state index contributed by atoms with van der Waals surface area (Å²) in [4.78, 5) is 60.8. The van der Waals surface area contributed by atoms with Crippen LogP contribution in [-0.4, -0.2) is 88.2 Å². The molecule has 0 aromatic rings. The maximum atomic E-state index is 11.9. The molecule has 16 heteroatoms. The van der Waals surface area contributed by atoms with Gasteiger partial charge >= 0.3 is 17.9 Å². The molecule has 2 aliphatic rings. The van der Waals surface area contributed by atoms with Gasteiger partial charge in [0.1, 0.15) is 12.7 Å². The van der Waals surface area contributed by atoms with Gasteiger partial charge in [-0.1, -0.05) is 0 Å². The summed E-state index contributed by atoms with van der Waals surface area (Å²) in [6.45, 7) is 2.99. The van der Waals surface area contributed by atoms with Gasteiger partial charge in [0.15, 0.2) is 18.4 Å². The molecule has 35 heavy (non-hydrogen) atoms. The predicted octanol–water partition coefficient (Wildman–Crippen LogP) is 0.0419. The van der Waals surface area contributed by atoms with Crippen molar-refractivity contribution in [3.8, 4) is 0 Å². The lowest BCUT2D eigenvalue weighted by molar-refractivity contribution is -0.570. The molecule has 0 aromatic heterocycles. The van der Waals surface area contributed by atoms with Crippen molar-refractivity contribution in [2.24, 2.45) is 4.99 Å². The minimum Gasteiger partial charge on any atom is -0.463 e. The highest BCUT2D eigenvalue weighted by Crippen LogP contribution is 2.30. The van der Waals surface area contributed by atoms with E-state index in [4.69, 9.17) is 18.9 Å². The van der Waals surface area contributed by atoms with E-state index in [0.29, 0.717) is 0 Å². The van der Waals surface area contributed by atoms with Crippen molar-refractivity contribution < 1.29 is 43.2 Å². The Bertz CT molecular complexity index is 896. The zero-order valence-corrected chi connectivity index (χ0v) is 20.0. The van der Waals surface area contributed by atoms with Crippen LogP contribution in [0.5, 0.6) is 0 Å². The molecule has 1 aliphatic heterocycles. The summed E-state index contributed by atoms with van der Waals surface area (Å²) in [7, 11) is 0. The second kappa shape index (κ2) is 12.6. The Labute approximate surface area is 204 Å². The van der Waals surface area contributed by atoms with Gasteiger partial charge in [-0.05, 0) is 18.6 Å². The van der Waals surface area contributed by atoms with Gasteiger partial charge in [0.2, 0.25) is 12.1 Å². The molecule has 0 amide bonds. The van der Waals surface area contributed by atoms with Crippen LogP contribution >= 0.6 is 12.2 Å². The number of esters is 3. The molecule has 8 unspecified atom stereocenters. The van der Waals surface area contributed by atoms with Crippen LogP contribution in [-0.2, 0) is 33.3 Å². The number of ether oxygens (including phenoxy) is 4. The Morgan fingerprint density at radius 3 is 2.20 bits per heavy atom.